The number of hydrogen-bond donors (Lipinski definition) is 5. The van der Waals surface area contributed by atoms with Gasteiger partial charge in [0.1, 0.15) is 30.7 Å². The van der Waals surface area contributed by atoms with Gasteiger partial charge in [0, 0.05) is 5.56 Å². The highest BCUT2D eigenvalue weighted by molar-refractivity contribution is 6.00. The fraction of sp³-hybridized carbons (Fsp3) is 0.368. The first-order chi connectivity index (χ1) is 14.1. The third-order valence-corrected chi connectivity index (χ3v) is 3.59. The number of ether oxygens (including phenoxy) is 1. The topological polar surface area (TPSA) is 184 Å². The monoisotopic (exact) mass is 417 g/mol. The molecule has 0 spiro atoms. The maximum absolute atomic E-state index is 12.5. The lowest BCUT2D eigenvalue weighted by molar-refractivity contribution is -0.0523. The Morgan fingerprint density at radius 2 is 2.13 bits per heavy atom. The molecule has 0 aliphatic rings. The lowest BCUT2D eigenvalue weighted by Crippen LogP contribution is -2.34. The molecule has 0 bridgehead atoms. The zero-order valence-electron chi connectivity index (χ0n) is 16.5. The Labute approximate surface area is 172 Å². The molecule has 0 saturated heterocycles. The van der Waals surface area contributed by atoms with Gasteiger partial charge in [-0.1, -0.05) is 12.1 Å². The van der Waals surface area contributed by atoms with E-state index in [0.717, 1.165) is 0 Å². The fourth-order valence-corrected chi connectivity index (χ4v) is 2.19. The van der Waals surface area contributed by atoms with Gasteiger partial charge in [-0.15, -0.1) is 0 Å². The molecule has 1 heterocycles. The zero-order chi connectivity index (χ0) is 22.3. The molecule has 30 heavy (non-hydrogen) atoms. The Morgan fingerprint density at radius 1 is 1.40 bits per heavy atom. The summed E-state index contributed by atoms with van der Waals surface area (Å²) in [5.74, 6) is -1.23. The second kappa shape index (κ2) is 9.95. The number of nitrogens with two attached hydrogens (primary N) is 1. The van der Waals surface area contributed by atoms with Crippen molar-refractivity contribution in [2.75, 3.05) is 25.6 Å². The maximum Gasteiger partial charge on any atom is 0.284 e. The minimum atomic E-state index is -1.21. The first-order valence-corrected chi connectivity index (χ1v) is 8.89. The number of nitrogens with zero attached hydrogens (tertiary/aromatic N) is 3. The number of rotatable bonds is 9. The van der Waals surface area contributed by atoms with Crippen molar-refractivity contribution in [2.24, 2.45) is 0 Å². The molecule has 0 saturated carbocycles. The number of benzene rings is 1. The largest absolute Gasteiger partial charge is 0.474 e. The number of aliphatic hydroxyl groups is 3. The van der Waals surface area contributed by atoms with Crippen LogP contribution >= 0.6 is 0 Å². The van der Waals surface area contributed by atoms with Gasteiger partial charge in [-0.3, -0.25) is 9.63 Å². The molecule has 2 rings (SSSR count). The van der Waals surface area contributed by atoms with E-state index < -0.39 is 24.2 Å². The van der Waals surface area contributed by atoms with Crippen molar-refractivity contribution in [2.45, 2.75) is 25.6 Å². The molecule has 2 aromatic rings. The summed E-state index contributed by atoms with van der Waals surface area (Å²) in [6, 6.07) is 8.42. The molecular formula is C19H23N5O6. The Bertz CT molecular complexity index is 938. The number of hydrogen-bond acceptors (Lipinski definition) is 10. The number of carbonyl (C=O) groups excluding carboxylic acids is 1. The summed E-state index contributed by atoms with van der Waals surface area (Å²) in [6.45, 7) is 1.86. The summed E-state index contributed by atoms with van der Waals surface area (Å²) in [5.41, 5.74) is 7.46. The minimum Gasteiger partial charge on any atom is -0.474 e. The quantitative estimate of drug-likeness (QED) is 0.341. The fourth-order valence-electron chi connectivity index (χ4n) is 2.19. The summed E-state index contributed by atoms with van der Waals surface area (Å²) in [7, 11) is 0. The number of carbonyl (C=O) groups is 1. The molecular weight excluding hydrogens is 394 g/mol. The highest BCUT2D eigenvalue weighted by Crippen LogP contribution is 2.26. The predicted molar refractivity (Wildman–Crippen MR) is 105 cm³/mol. The molecule has 0 fully saturated rings. The van der Waals surface area contributed by atoms with Crippen LogP contribution in [-0.2, 0) is 4.84 Å². The van der Waals surface area contributed by atoms with Crippen LogP contribution in [0.2, 0.25) is 0 Å². The van der Waals surface area contributed by atoms with Crippen LogP contribution in [0.5, 0.6) is 5.88 Å². The van der Waals surface area contributed by atoms with E-state index in [9.17, 15) is 15.0 Å². The van der Waals surface area contributed by atoms with Gasteiger partial charge in [0.15, 0.2) is 5.82 Å². The van der Waals surface area contributed by atoms with Crippen molar-refractivity contribution in [3.8, 4) is 23.3 Å². The van der Waals surface area contributed by atoms with Crippen molar-refractivity contribution in [3.63, 3.8) is 0 Å². The van der Waals surface area contributed by atoms with E-state index in [2.05, 4.69) is 15.4 Å². The van der Waals surface area contributed by atoms with Gasteiger partial charge in [-0.2, -0.15) is 10.2 Å². The molecule has 11 nitrogen and oxygen atoms in total. The number of hydroxylamine groups is 1. The summed E-state index contributed by atoms with van der Waals surface area (Å²) >= 11 is 0. The van der Waals surface area contributed by atoms with Crippen LogP contribution in [0.15, 0.2) is 24.3 Å². The molecule has 0 aliphatic heterocycles. The van der Waals surface area contributed by atoms with Crippen LogP contribution < -0.4 is 16.0 Å². The van der Waals surface area contributed by atoms with Crippen molar-refractivity contribution in [3.05, 3.63) is 35.4 Å². The van der Waals surface area contributed by atoms with Crippen LogP contribution in [0, 0.1) is 11.3 Å². The van der Waals surface area contributed by atoms with Crippen molar-refractivity contribution in [1.82, 2.24) is 15.4 Å². The number of nitrogens with one attached hydrogen (secondary N) is 1. The average Bonchev–Trinajstić information content (AvgIpc) is 2.70. The first kappa shape index (κ1) is 23.0. The molecule has 1 amide bonds. The third-order valence-electron chi connectivity index (χ3n) is 3.59. The summed E-state index contributed by atoms with van der Waals surface area (Å²) in [6.07, 6.45) is -1.21. The van der Waals surface area contributed by atoms with Crippen LogP contribution in [0.4, 0.5) is 5.82 Å². The van der Waals surface area contributed by atoms with Gasteiger partial charge in [0.2, 0.25) is 5.88 Å². The Balaban J connectivity index is 2.39. The highest BCUT2D eigenvalue weighted by atomic mass is 16.7. The summed E-state index contributed by atoms with van der Waals surface area (Å²) < 4.78 is 5.39. The molecule has 160 valence electrons. The summed E-state index contributed by atoms with van der Waals surface area (Å²) in [5, 5.41) is 37.3. The Hall–Kier alpha value is -3.30. The normalized spacial score (nSPS) is 12.1. The van der Waals surface area contributed by atoms with Crippen LogP contribution in [-0.4, -0.2) is 62.7 Å². The van der Waals surface area contributed by atoms with E-state index in [1.165, 1.54) is 19.9 Å². The predicted octanol–water partition coefficient (Wildman–Crippen LogP) is -0.238. The van der Waals surface area contributed by atoms with Crippen LogP contribution in [0.3, 0.4) is 0 Å². The molecule has 0 radical (unpaired) electrons. The van der Waals surface area contributed by atoms with Crippen LogP contribution in [0.1, 0.15) is 29.8 Å². The smallest absolute Gasteiger partial charge is 0.284 e. The van der Waals surface area contributed by atoms with E-state index in [4.69, 9.17) is 25.7 Å². The number of nitriles is 1. The van der Waals surface area contributed by atoms with E-state index in [0.29, 0.717) is 11.1 Å². The van der Waals surface area contributed by atoms with Crippen LogP contribution in [0.25, 0.3) is 11.4 Å². The SMILES string of the molecule is CC(C)(O)CONC(=O)c1c(N)nc(-c2cccc(C#N)c2)nc1OC[C@H](O)CO. The summed E-state index contributed by atoms with van der Waals surface area (Å²) in [4.78, 5) is 25.8. The van der Waals surface area contributed by atoms with Gasteiger partial charge in [0.25, 0.3) is 5.91 Å². The molecule has 0 unspecified atom stereocenters. The third kappa shape index (κ3) is 6.36. The minimum absolute atomic E-state index is 0.0899. The second-order valence-electron chi connectivity index (χ2n) is 6.98. The van der Waals surface area contributed by atoms with E-state index >= 15 is 0 Å². The van der Waals surface area contributed by atoms with Gasteiger partial charge >= 0.3 is 0 Å². The molecule has 1 atom stereocenters. The average molecular weight is 417 g/mol. The van der Waals surface area contributed by atoms with E-state index in [1.54, 1.807) is 18.2 Å². The zero-order valence-corrected chi connectivity index (χ0v) is 16.5. The Kier molecular flexibility index (Phi) is 7.62. The van der Waals surface area contributed by atoms with Gasteiger partial charge in [-0.05, 0) is 26.0 Å². The standard InChI is InChI=1S/C19H23N5O6/c1-19(2,28)10-30-24-17(27)14-15(21)22-16(12-5-3-4-11(6-12)7-20)23-18(14)29-9-13(26)8-25/h3-6,13,25-26,28H,8-10H2,1-2H3,(H,24,27)(H2,21,22,23)/t13-/m1/s1. The number of nitrogen functional groups attached to an aromatic ring is 1. The van der Waals surface area contributed by atoms with Gasteiger partial charge in [0.05, 0.1) is 23.8 Å². The second-order valence-corrected chi connectivity index (χ2v) is 6.98. The lowest BCUT2D eigenvalue weighted by atomic mass is 10.1. The van der Waals surface area contributed by atoms with E-state index in [-0.39, 0.29) is 36.3 Å². The Morgan fingerprint density at radius 3 is 2.77 bits per heavy atom. The van der Waals surface area contributed by atoms with Crippen molar-refractivity contribution < 1.29 is 29.7 Å². The van der Waals surface area contributed by atoms with E-state index in [1.807, 2.05) is 6.07 Å². The number of anilines is 1. The molecule has 0 aliphatic carbocycles. The van der Waals surface area contributed by atoms with Gasteiger partial charge in [-0.25, -0.2) is 10.5 Å². The number of aromatic nitrogens is 2. The van der Waals surface area contributed by atoms with Crippen molar-refractivity contribution >= 4 is 11.7 Å². The number of amides is 1. The first-order valence-electron chi connectivity index (χ1n) is 8.89. The maximum atomic E-state index is 12.5. The highest BCUT2D eigenvalue weighted by Gasteiger charge is 2.23. The van der Waals surface area contributed by atoms with Gasteiger partial charge < -0.3 is 25.8 Å². The molecule has 1 aromatic heterocycles. The lowest BCUT2D eigenvalue weighted by Gasteiger charge is -2.18. The molecule has 11 heteroatoms. The molecule has 6 N–H and O–H groups in total. The number of aliphatic hydroxyl groups excluding tert-OH is 2. The van der Waals surface area contributed by atoms with Crippen molar-refractivity contribution in [1.29, 1.82) is 5.26 Å². The molecule has 1 aromatic carbocycles.